The number of aromatic nitrogens is 1. The number of carboxylic acids is 1. The van der Waals surface area contributed by atoms with Crippen LogP contribution >= 0.6 is 0 Å². The molecule has 0 amide bonds. The summed E-state index contributed by atoms with van der Waals surface area (Å²) in [5.41, 5.74) is 1.39. The highest BCUT2D eigenvalue weighted by Crippen LogP contribution is 2.24. The van der Waals surface area contributed by atoms with Gasteiger partial charge in [-0.15, -0.1) is 0 Å². The van der Waals surface area contributed by atoms with Gasteiger partial charge in [0.25, 0.3) is 0 Å². The number of pyridine rings is 1. The van der Waals surface area contributed by atoms with Gasteiger partial charge in [-0.3, -0.25) is 4.79 Å². The SMILES string of the molecule is CC(C)n1c(C(=O)O)cc(=O)c2cc(N3CCOCC3)ccc21. The fraction of sp³-hybridized carbons (Fsp3) is 0.412. The van der Waals surface area contributed by atoms with Crippen LogP contribution in [0.3, 0.4) is 0 Å². The van der Waals surface area contributed by atoms with Crippen molar-refractivity contribution in [3.63, 3.8) is 0 Å². The maximum absolute atomic E-state index is 12.4. The molecule has 0 aliphatic carbocycles. The molecule has 1 aromatic carbocycles. The Bertz CT molecular complexity index is 804. The first-order valence-corrected chi connectivity index (χ1v) is 7.74. The summed E-state index contributed by atoms with van der Waals surface area (Å²) in [6.07, 6.45) is 0. The number of nitrogens with zero attached hydrogens (tertiary/aromatic N) is 2. The van der Waals surface area contributed by atoms with Gasteiger partial charge in [-0.25, -0.2) is 4.79 Å². The average molecular weight is 316 g/mol. The highest BCUT2D eigenvalue weighted by Gasteiger charge is 2.18. The van der Waals surface area contributed by atoms with Crippen LogP contribution in [0.15, 0.2) is 29.1 Å². The van der Waals surface area contributed by atoms with Crippen LogP contribution < -0.4 is 10.3 Å². The molecule has 2 heterocycles. The van der Waals surface area contributed by atoms with E-state index in [1.165, 1.54) is 6.07 Å². The molecule has 0 spiro atoms. The molecule has 1 fully saturated rings. The molecule has 6 nitrogen and oxygen atoms in total. The molecule has 122 valence electrons. The molecular weight excluding hydrogens is 296 g/mol. The van der Waals surface area contributed by atoms with Crippen LogP contribution in [0.25, 0.3) is 10.9 Å². The van der Waals surface area contributed by atoms with Gasteiger partial charge in [0.15, 0.2) is 5.43 Å². The lowest BCUT2D eigenvalue weighted by atomic mass is 10.1. The van der Waals surface area contributed by atoms with Crippen molar-refractivity contribution in [1.82, 2.24) is 4.57 Å². The molecule has 3 rings (SSSR count). The molecule has 6 heteroatoms. The number of benzene rings is 1. The highest BCUT2D eigenvalue weighted by atomic mass is 16.5. The third-order valence-electron chi connectivity index (χ3n) is 4.14. The first kappa shape index (κ1) is 15.6. The fourth-order valence-corrected chi connectivity index (χ4v) is 3.07. The number of carboxylic acid groups (broad SMARTS) is 1. The molecule has 1 N–H and O–H groups in total. The van der Waals surface area contributed by atoms with E-state index in [-0.39, 0.29) is 17.2 Å². The van der Waals surface area contributed by atoms with E-state index in [2.05, 4.69) is 4.90 Å². The van der Waals surface area contributed by atoms with Crippen molar-refractivity contribution in [3.8, 4) is 0 Å². The molecule has 0 saturated carbocycles. The van der Waals surface area contributed by atoms with Gasteiger partial charge >= 0.3 is 5.97 Å². The number of hydrogen-bond donors (Lipinski definition) is 1. The van der Waals surface area contributed by atoms with E-state index < -0.39 is 5.97 Å². The predicted molar refractivity (Wildman–Crippen MR) is 88.6 cm³/mol. The Balaban J connectivity index is 2.20. The number of carbonyl (C=O) groups is 1. The molecule has 1 aliphatic rings. The summed E-state index contributed by atoms with van der Waals surface area (Å²) in [6.45, 7) is 6.74. The van der Waals surface area contributed by atoms with E-state index in [4.69, 9.17) is 4.74 Å². The maximum Gasteiger partial charge on any atom is 0.352 e. The van der Waals surface area contributed by atoms with E-state index in [0.717, 1.165) is 18.8 Å². The fourth-order valence-electron chi connectivity index (χ4n) is 3.07. The van der Waals surface area contributed by atoms with Crippen LogP contribution in [0.5, 0.6) is 0 Å². The first-order valence-electron chi connectivity index (χ1n) is 7.74. The van der Waals surface area contributed by atoms with Crippen LogP contribution in [-0.4, -0.2) is 41.9 Å². The predicted octanol–water partition coefficient (Wildman–Crippen LogP) is 2.12. The monoisotopic (exact) mass is 316 g/mol. The Hall–Kier alpha value is -2.34. The molecule has 2 aromatic rings. The van der Waals surface area contributed by atoms with Gasteiger partial charge in [0.05, 0.1) is 18.7 Å². The van der Waals surface area contributed by atoms with Crippen LogP contribution in [-0.2, 0) is 4.74 Å². The first-order chi connectivity index (χ1) is 11.0. The number of morpholine rings is 1. The molecule has 0 bridgehead atoms. The van der Waals surface area contributed by atoms with Crippen LogP contribution in [0.2, 0.25) is 0 Å². The second-order valence-corrected chi connectivity index (χ2v) is 5.96. The summed E-state index contributed by atoms with van der Waals surface area (Å²) in [7, 11) is 0. The average Bonchev–Trinajstić information content (AvgIpc) is 2.54. The quantitative estimate of drug-likeness (QED) is 0.939. The molecule has 23 heavy (non-hydrogen) atoms. The van der Waals surface area contributed by atoms with E-state index in [9.17, 15) is 14.7 Å². The Labute approximate surface area is 133 Å². The van der Waals surface area contributed by atoms with E-state index in [1.807, 2.05) is 32.0 Å². The summed E-state index contributed by atoms with van der Waals surface area (Å²) in [5, 5.41) is 9.92. The van der Waals surface area contributed by atoms with Crippen molar-refractivity contribution in [1.29, 1.82) is 0 Å². The smallest absolute Gasteiger partial charge is 0.352 e. The Morgan fingerprint density at radius 2 is 1.91 bits per heavy atom. The van der Waals surface area contributed by atoms with Gasteiger partial charge in [0.2, 0.25) is 0 Å². The van der Waals surface area contributed by atoms with Crippen molar-refractivity contribution in [2.75, 3.05) is 31.2 Å². The molecular formula is C17H20N2O4. The van der Waals surface area contributed by atoms with Crippen LogP contribution in [0.4, 0.5) is 5.69 Å². The topological polar surface area (TPSA) is 71.8 Å². The van der Waals surface area contributed by atoms with Gasteiger partial charge in [0.1, 0.15) is 5.69 Å². The standard InChI is InChI=1S/C17H20N2O4/c1-11(2)19-14-4-3-12(18-5-7-23-8-6-18)9-13(14)16(20)10-15(19)17(21)22/h3-4,9-11H,5-8H2,1-2H3,(H,21,22). The van der Waals surface area contributed by atoms with Gasteiger partial charge in [-0.1, -0.05) is 0 Å². The Morgan fingerprint density at radius 1 is 1.22 bits per heavy atom. The highest BCUT2D eigenvalue weighted by molar-refractivity contribution is 5.91. The molecule has 1 aliphatic heterocycles. The lowest BCUT2D eigenvalue weighted by molar-refractivity contribution is 0.0683. The van der Waals surface area contributed by atoms with Gasteiger partial charge < -0.3 is 19.3 Å². The zero-order valence-electron chi connectivity index (χ0n) is 13.3. The normalized spacial score (nSPS) is 15.3. The zero-order chi connectivity index (χ0) is 16.6. The largest absolute Gasteiger partial charge is 0.477 e. The number of fused-ring (bicyclic) bond motifs is 1. The van der Waals surface area contributed by atoms with E-state index in [0.29, 0.717) is 24.1 Å². The molecule has 0 radical (unpaired) electrons. The minimum absolute atomic E-state index is 0.0247. The molecule has 0 atom stereocenters. The summed E-state index contributed by atoms with van der Waals surface area (Å²) < 4.78 is 7.05. The van der Waals surface area contributed by atoms with Crippen molar-refractivity contribution in [2.24, 2.45) is 0 Å². The number of aromatic carboxylic acids is 1. The number of ether oxygens (including phenoxy) is 1. The zero-order valence-corrected chi connectivity index (χ0v) is 13.3. The Kier molecular flexibility index (Phi) is 4.09. The lowest BCUT2D eigenvalue weighted by Gasteiger charge is -2.29. The summed E-state index contributed by atoms with van der Waals surface area (Å²) in [4.78, 5) is 26.0. The van der Waals surface area contributed by atoms with Crippen LogP contribution in [0, 0.1) is 0 Å². The maximum atomic E-state index is 12.4. The third-order valence-corrected chi connectivity index (χ3v) is 4.14. The van der Waals surface area contributed by atoms with Crippen molar-refractivity contribution in [2.45, 2.75) is 19.9 Å². The minimum atomic E-state index is -1.09. The van der Waals surface area contributed by atoms with Gasteiger partial charge in [0, 0.05) is 36.3 Å². The van der Waals surface area contributed by atoms with Crippen molar-refractivity contribution in [3.05, 3.63) is 40.2 Å². The van der Waals surface area contributed by atoms with E-state index >= 15 is 0 Å². The van der Waals surface area contributed by atoms with Crippen LogP contribution in [0.1, 0.15) is 30.4 Å². The van der Waals surface area contributed by atoms with Gasteiger partial charge in [-0.2, -0.15) is 0 Å². The number of rotatable bonds is 3. The summed E-state index contributed by atoms with van der Waals surface area (Å²) >= 11 is 0. The molecule has 1 aromatic heterocycles. The minimum Gasteiger partial charge on any atom is -0.477 e. The molecule has 0 unspecified atom stereocenters. The molecule has 1 saturated heterocycles. The summed E-state index contributed by atoms with van der Waals surface area (Å²) in [5.74, 6) is -1.09. The number of hydrogen-bond acceptors (Lipinski definition) is 4. The Morgan fingerprint density at radius 3 is 2.52 bits per heavy atom. The summed E-state index contributed by atoms with van der Waals surface area (Å²) in [6, 6.07) is 6.80. The van der Waals surface area contributed by atoms with Crippen molar-refractivity contribution >= 4 is 22.6 Å². The third kappa shape index (κ3) is 2.82. The van der Waals surface area contributed by atoms with Gasteiger partial charge in [-0.05, 0) is 32.0 Å². The second-order valence-electron chi connectivity index (χ2n) is 5.96. The number of anilines is 1. The van der Waals surface area contributed by atoms with E-state index in [1.54, 1.807) is 4.57 Å². The lowest BCUT2D eigenvalue weighted by Crippen LogP contribution is -2.36. The second kappa shape index (κ2) is 6.04. The van der Waals surface area contributed by atoms with Crippen molar-refractivity contribution < 1.29 is 14.6 Å².